The zero-order valence-corrected chi connectivity index (χ0v) is 15.2. The van der Waals surface area contributed by atoms with Crippen molar-refractivity contribution in [1.82, 2.24) is 20.3 Å². The molecule has 0 unspecified atom stereocenters. The molecule has 0 saturated heterocycles. The molecule has 4 rings (SSSR count). The smallest absolute Gasteiger partial charge is 0.245 e. The van der Waals surface area contributed by atoms with Crippen LogP contribution < -0.4 is 15.5 Å². The van der Waals surface area contributed by atoms with Crippen molar-refractivity contribution in [2.75, 3.05) is 17.9 Å². The number of rotatable bonds is 6. The Labute approximate surface area is 160 Å². The summed E-state index contributed by atoms with van der Waals surface area (Å²) in [4.78, 5) is 8.78. The summed E-state index contributed by atoms with van der Waals surface area (Å²) in [6.07, 6.45) is 1.67. The maximum absolute atomic E-state index is 5.15. The van der Waals surface area contributed by atoms with E-state index >= 15 is 0 Å². The van der Waals surface area contributed by atoms with E-state index in [-0.39, 0.29) is 5.65 Å². The first-order chi connectivity index (χ1) is 13.7. The highest BCUT2D eigenvalue weighted by molar-refractivity contribution is 5.81. The third-order valence-corrected chi connectivity index (χ3v) is 3.93. The molecule has 0 radical (unpaired) electrons. The maximum Gasteiger partial charge on any atom is 0.245 e. The van der Waals surface area contributed by atoms with Gasteiger partial charge in [-0.25, -0.2) is 9.61 Å². The fraction of sp³-hybridized carbons (Fsp3) is 0.105. The molecule has 0 fully saturated rings. The number of anilines is 3. The summed E-state index contributed by atoms with van der Waals surface area (Å²) in [5, 5.41) is 14.9. The monoisotopic (exact) mass is 375 g/mol. The molecule has 0 amide bonds. The van der Waals surface area contributed by atoms with Crippen LogP contribution in [0.5, 0.6) is 5.75 Å². The second-order valence-corrected chi connectivity index (χ2v) is 5.97. The minimum Gasteiger partial charge on any atom is -0.497 e. The van der Waals surface area contributed by atoms with Crippen LogP contribution in [0.3, 0.4) is 0 Å². The lowest BCUT2D eigenvalue weighted by Gasteiger charge is -2.09. The Balaban J connectivity index is 1.58. The molecule has 140 valence electrons. The van der Waals surface area contributed by atoms with Gasteiger partial charge in [0.1, 0.15) is 5.75 Å². The SMILES string of the molecule is COc1ccc(/C=N/Nc2nc3nonc3nc2Nc2ccc(C)cc2)cc1. The molecule has 2 N–H and O–H groups in total. The van der Waals surface area contributed by atoms with E-state index in [9.17, 15) is 0 Å². The predicted molar refractivity (Wildman–Crippen MR) is 106 cm³/mol. The van der Waals surface area contributed by atoms with Gasteiger partial charge in [0.05, 0.1) is 13.3 Å². The van der Waals surface area contributed by atoms with Crippen LogP contribution in [0.1, 0.15) is 11.1 Å². The molecule has 28 heavy (non-hydrogen) atoms. The van der Waals surface area contributed by atoms with Gasteiger partial charge in [-0.15, -0.1) is 0 Å². The van der Waals surface area contributed by atoms with Gasteiger partial charge in [-0.3, -0.25) is 5.43 Å². The van der Waals surface area contributed by atoms with Crippen LogP contribution in [0.2, 0.25) is 0 Å². The fourth-order valence-electron chi connectivity index (χ4n) is 2.43. The Morgan fingerprint density at radius 2 is 1.61 bits per heavy atom. The molecule has 0 bridgehead atoms. The summed E-state index contributed by atoms with van der Waals surface area (Å²) in [5.41, 5.74) is 6.41. The third-order valence-electron chi connectivity index (χ3n) is 3.93. The molecule has 0 aliphatic carbocycles. The average Bonchev–Trinajstić information content (AvgIpc) is 3.17. The average molecular weight is 375 g/mol. The van der Waals surface area contributed by atoms with Crippen LogP contribution in [-0.4, -0.2) is 33.6 Å². The Hall–Kier alpha value is -4.01. The number of hydrogen-bond donors (Lipinski definition) is 2. The zero-order valence-electron chi connectivity index (χ0n) is 15.2. The van der Waals surface area contributed by atoms with Crippen LogP contribution in [0.25, 0.3) is 11.3 Å². The lowest BCUT2D eigenvalue weighted by atomic mass is 10.2. The number of aryl methyl sites for hydroxylation is 1. The minimum atomic E-state index is 0.289. The topological polar surface area (TPSA) is 110 Å². The second-order valence-electron chi connectivity index (χ2n) is 5.97. The molecule has 9 heteroatoms. The van der Waals surface area contributed by atoms with E-state index in [1.165, 1.54) is 0 Å². The van der Waals surface area contributed by atoms with Crippen LogP contribution in [0.4, 0.5) is 17.3 Å². The van der Waals surface area contributed by atoms with Gasteiger partial charge in [0.2, 0.25) is 11.3 Å². The maximum atomic E-state index is 5.15. The number of hydrogen-bond acceptors (Lipinski definition) is 9. The quantitative estimate of drug-likeness (QED) is 0.389. The summed E-state index contributed by atoms with van der Waals surface area (Å²) in [6, 6.07) is 15.4. The number of benzene rings is 2. The van der Waals surface area contributed by atoms with Crippen molar-refractivity contribution in [2.45, 2.75) is 6.92 Å². The molecule has 4 aromatic rings. The van der Waals surface area contributed by atoms with Crippen LogP contribution in [0.15, 0.2) is 58.3 Å². The Bertz CT molecular complexity index is 1110. The Morgan fingerprint density at radius 1 is 0.929 bits per heavy atom. The molecule has 2 heterocycles. The van der Waals surface area contributed by atoms with Crippen molar-refractivity contribution in [2.24, 2.45) is 5.10 Å². The Morgan fingerprint density at radius 3 is 2.29 bits per heavy atom. The summed E-state index contributed by atoms with van der Waals surface area (Å²) in [5.74, 6) is 1.64. The van der Waals surface area contributed by atoms with E-state index < -0.39 is 0 Å². The standard InChI is InChI=1S/C19H17N7O2/c1-12-3-7-14(8-4-12)21-16-17(23-19-18(22-16)25-28-26-19)24-20-11-13-5-9-15(27-2)10-6-13/h3-11H,1-2H3,(H,21,22,25)(H,23,24,26)/b20-11+. The lowest BCUT2D eigenvalue weighted by molar-refractivity contribution is 0.314. The minimum absolute atomic E-state index is 0.289. The van der Waals surface area contributed by atoms with Gasteiger partial charge in [0.25, 0.3) is 0 Å². The lowest BCUT2D eigenvalue weighted by Crippen LogP contribution is -2.03. The van der Waals surface area contributed by atoms with Gasteiger partial charge in [-0.2, -0.15) is 10.1 Å². The van der Waals surface area contributed by atoms with E-state index in [1.807, 2.05) is 55.5 Å². The van der Waals surface area contributed by atoms with Crippen LogP contribution in [-0.2, 0) is 0 Å². The van der Waals surface area contributed by atoms with Gasteiger partial charge in [-0.1, -0.05) is 17.7 Å². The molecule has 0 atom stereocenters. The molecule has 0 aliphatic rings. The first-order valence-electron chi connectivity index (χ1n) is 8.48. The van der Waals surface area contributed by atoms with Crippen molar-refractivity contribution in [3.63, 3.8) is 0 Å². The van der Waals surface area contributed by atoms with Crippen molar-refractivity contribution < 1.29 is 9.37 Å². The van der Waals surface area contributed by atoms with E-state index in [2.05, 4.69) is 36.1 Å². The van der Waals surface area contributed by atoms with Gasteiger partial charge in [0, 0.05) is 5.69 Å². The highest BCUT2D eigenvalue weighted by Gasteiger charge is 2.12. The van der Waals surface area contributed by atoms with Crippen molar-refractivity contribution in [3.8, 4) is 5.75 Å². The molecular weight excluding hydrogens is 358 g/mol. The summed E-state index contributed by atoms with van der Waals surface area (Å²) in [7, 11) is 1.63. The normalized spacial score (nSPS) is 11.1. The van der Waals surface area contributed by atoms with E-state index in [1.54, 1.807) is 13.3 Å². The van der Waals surface area contributed by atoms with Gasteiger partial charge >= 0.3 is 0 Å². The molecule has 0 aliphatic heterocycles. The molecule has 0 saturated carbocycles. The van der Waals surface area contributed by atoms with E-state index in [0.717, 1.165) is 22.6 Å². The summed E-state index contributed by atoms with van der Waals surface area (Å²) >= 11 is 0. The first kappa shape index (κ1) is 17.4. The molecule has 0 spiro atoms. The molecule has 2 aromatic heterocycles. The summed E-state index contributed by atoms with van der Waals surface area (Å²) in [6.45, 7) is 2.03. The van der Waals surface area contributed by atoms with Gasteiger partial charge in [0.15, 0.2) is 11.6 Å². The predicted octanol–water partition coefficient (Wildman–Crippen LogP) is 3.52. The zero-order chi connectivity index (χ0) is 19.3. The number of methoxy groups -OCH3 is 1. The largest absolute Gasteiger partial charge is 0.497 e. The fourth-order valence-corrected chi connectivity index (χ4v) is 2.43. The molecule has 2 aromatic carbocycles. The molecular formula is C19H17N7O2. The number of hydrazone groups is 1. The second kappa shape index (κ2) is 7.70. The third kappa shape index (κ3) is 3.88. The van der Waals surface area contributed by atoms with E-state index in [0.29, 0.717) is 17.3 Å². The first-order valence-corrected chi connectivity index (χ1v) is 8.48. The van der Waals surface area contributed by atoms with Gasteiger partial charge in [-0.05, 0) is 59.2 Å². The van der Waals surface area contributed by atoms with Crippen molar-refractivity contribution in [1.29, 1.82) is 0 Å². The highest BCUT2D eigenvalue weighted by Crippen LogP contribution is 2.24. The Kier molecular flexibility index (Phi) is 4.79. The number of ether oxygens (including phenoxy) is 1. The molecule has 9 nitrogen and oxygen atoms in total. The van der Waals surface area contributed by atoms with Crippen LogP contribution in [0, 0.1) is 6.92 Å². The van der Waals surface area contributed by atoms with Crippen molar-refractivity contribution in [3.05, 3.63) is 59.7 Å². The summed E-state index contributed by atoms with van der Waals surface area (Å²) < 4.78 is 9.85. The number of aromatic nitrogens is 4. The van der Waals surface area contributed by atoms with Gasteiger partial charge < -0.3 is 10.1 Å². The number of fused-ring (bicyclic) bond motifs is 1. The van der Waals surface area contributed by atoms with Crippen molar-refractivity contribution >= 4 is 34.8 Å². The van der Waals surface area contributed by atoms with Crippen LogP contribution >= 0.6 is 0 Å². The number of nitrogens with zero attached hydrogens (tertiary/aromatic N) is 5. The van der Waals surface area contributed by atoms with E-state index in [4.69, 9.17) is 9.37 Å². The highest BCUT2D eigenvalue weighted by atomic mass is 16.6. The number of nitrogens with one attached hydrogen (secondary N) is 2.